The van der Waals surface area contributed by atoms with Gasteiger partial charge in [0.2, 0.25) is 0 Å². The highest BCUT2D eigenvalue weighted by Gasteiger charge is 2.20. The first-order valence-electron chi connectivity index (χ1n) is 11.5. The van der Waals surface area contributed by atoms with Gasteiger partial charge in [-0.3, -0.25) is 9.48 Å². The number of carbonyl (C=O) groups is 1. The number of rotatable bonds is 5. The number of hydrogen-bond acceptors (Lipinski definition) is 6. The predicted molar refractivity (Wildman–Crippen MR) is 147 cm³/mol. The number of benzene rings is 3. The lowest BCUT2D eigenvalue weighted by Crippen LogP contribution is -2.04. The Morgan fingerprint density at radius 3 is 2.62 bits per heavy atom. The molecule has 7 nitrogen and oxygen atoms in total. The van der Waals surface area contributed by atoms with Gasteiger partial charge >= 0.3 is 5.97 Å². The van der Waals surface area contributed by atoms with Gasteiger partial charge in [-0.15, -0.1) is 11.3 Å². The van der Waals surface area contributed by atoms with Crippen LogP contribution in [0.2, 0.25) is 5.02 Å². The monoisotopic (exact) mass is 525 g/mol. The summed E-state index contributed by atoms with van der Waals surface area (Å²) in [5.74, 6) is -0.367. The van der Waals surface area contributed by atoms with Crippen LogP contribution in [0.5, 0.6) is 0 Å². The van der Waals surface area contributed by atoms with Crippen molar-refractivity contribution >= 4 is 50.0 Å². The van der Waals surface area contributed by atoms with Crippen LogP contribution in [0.25, 0.3) is 54.3 Å². The van der Waals surface area contributed by atoms with Crippen LogP contribution in [0.1, 0.15) is 11.1 Å². The van der Waals surface area contributed by atoms with Gasteiger partial charge in [-0.05, 0) is 60.0 Å². The summed E-state index contributed by atoms with van der Waals surface area (Å²) in [6, 6.07) is 17.4. The van der Waals surface area contributed by atoms with Crippen LogP contribution >= 0.6 is 22.9 Å². The van der Waals surface area contributed by atoms with Gasteiger partial charge in [0.05, 0.1) is 34.0 Å². The Balaban J connectivity index is 1.50. The molecule has 3 aromatic heterocycles. The van der Waals surface area contributed by atoms with Crippen LogP contribution in [0.4, 0.5) is 0 Å². The fraction of sp³-hybridized carbons (Fsp3) is 0.107. The number of aliphatic carboxylic acids is 1. The maximum Gasteiger partial charge on any atom is 0.307 e. The second-order valence-corrected chi connectivity index (χ2v) is 10.2. The molecule has 9 heteroatoms. The number of aryl methyl sites for hydroxylation is 2. The van der Waals surface area contributed by atoms with Gasteiger partial charge in [0.15, 0.2) is 10.8 Å². The molecule has 0 spiro atoms. The molecule has 0 radical (unpaired) electrons. The molecule has 6 rings (SSSR count). The molecule has 0 amide bonds. The van der Waals surface area contributed by atoms with Gasteiger partial charge in [0.25, 0.3) is 0 Å². The summed E-state index contributed by atoms with van der Waals surface area (Å²) in [6.07, 6.45) is 3.48. The largest absolute Gasteiger partial charge is 0.481 e. The molecular formula is C28H20ClN5O2S. The first-order valence-corrected chi connectivity index (χ1v) is 12.7. The number of thiazole rings is 1. The zero-order chi connectivity index (χ0) is 25.7. The van der Waals surface area contributed by atoms with Crippen LogP contribution in [0.15, 0.2) is 67.0 Å². The van der Waals surface area contributed by atoms with Gasteiger partial charge in [0, 0.05) is 34.8 Å². The van der Waals surface area contributed by atoms with Gasteiger partial charge < -0.3 is 5.11 Å². The summed E-state index contributed by atoms with van der Waals surface area (Å²) in [6.45, 7) is 1.92. The molecule has 6 aromatic rings. The molecule has 0 unspecified atom stereocenters. The Morgan fingerprint density at radius 1 is 1.05 bits per heavy atom. The first kappa shape index (κ1) is 23.3. The SMILES string of the molecule is Cc1cc2nc(-c3nccc(-c4ccc5c(cnn5C)c4)n3)sc2c(-c2ccc(Cl)cc2)c1CC(=O)O. The van der Waals surface area contributed by atoms with E-state index in [4.69, 9.17) is 21.6 Å². The fourth-order valence-corrected chi connectivity index (χ4v) is 5.78. The van der Waals surface area contributed by atoms with Crippen molar-refractivity contribution in [1.29, 1.82) is 0 Å². The average molecular weight is 526 g/mol. The Kier molecular flexibility index (Phi) is 5.70. The molecule has 0 bridgehead atoms. The minimum atomic E-state index is -0.885. The molecule has 182 valence electrons. The summed E-state index contributed by atoms with van der Waals surface area (Å²) >= 11 is 7.59. The predicted octanol–water partition coefficient (Wildman–Crippen LogP) is 6.56. The zero-order valence-corrected chi connectivity index (χ0v) is 21.5. The highest BCUT2D eigenvalue weighted by Crippen LogP contribution is 2.40. The Labute approximate surface area is 221 Å². The van der Waals surface area contributed by atoms with E-state index in [9.17, 15) is 9.90 Å². The number of nitrogens with zero attached hydrogens (tertiary/aromatic N) is 5. The van der Waals surface area contributed by atoms with E-state index in [0.29, 0.717) is 15.9 Å². The van der Waals surface area contributed by atoms with E-state index in [0.717, 1.165) is 54.6 Å². The number of fused-ring (bicyclic) bond motifs is 2. The lowest BCUT2D eigenvalue weighted by Gasteiger charge is -2.13. The summed E-state index contributed by atoms with van der Waals surface area (Å²) in [7, 11) is 1.92. The summed E-state index contributed by atoms with van der Waals surface area (Å²) in [4.78, 5) is 25.9. The van der Waals surface area contributed by atoms with Crippen molar-refractivity contribution in [3.05, 3.63) is 83.1 Å². The van der Waals surface area contributed by atoms with E-state index in [-0.39, 0.29) is 6.42 Å². The Morgan fingerprint density at radius 2 is 1.84 bits per heavy atom. The molecule has 0 aliphatic carbocycles. The normalized spacial score (nSPS) is 11.4. The Hall–Kier alpha value is -4.14. The van der Waals surface area contributed by atoms with E-state index < -0.39 is 5.97 Å². The van der Waals surface area contributed by atoms with Gasteiger partial charge in [-0.1, -0.05) is 29.8 Å². The van der Waals surface area contributed by atoms with Crippen molar-refractivity contribution in [2.75, 3.05) is 0 Å². The molecule has 0 atom stereocenters. The van der Waals surface area contributed by atoms with Crippen molar-refractivity contribution in [2.45, 2.75) is 13.3 Å². The van der Waals surface area contributed by atoms with Crippen LogP contribution in [0.3, 0.4) is 0 Å². The lowest BCUT2D eigenvalue weighted by molar-refractivity contribution is -0.136. The van der Waals surface area contributed by atoms with E-state index in [1.807, 2.05) is 73.4 Å². The van der Waals surface area contributed by atoms with E-state index in [2.05, 4.69) is 16.1 Å². The topological polar surface area (TPSA) is 93.8 Å². The van der Waals surface area contributed by atoms with Crippen LogP contribution in [-0.2, 0) is 18.3 Å². The molecule has 1 N–H and O–H groups in total. The number of aromatic nitrogens is 5. The van der Waals surface area contributed by atoms with Crippen LogP contribution in [-0.4, -0.2) is 35.8 Å². The highest BCUT2D eigenvalue weighted by atomic mass is 35.5. The lowest BCUT2D eigenvalue weighted by atomic mass is 9.93. The second kappa shape index (κ2) is 9.06. The summed E-state index contributed by atoms with van der Waals surface area (Å²) < 4.78 is 2.73. The molecule has 0 aliphatic heterocycles. The standard InChI is InChI=1S/C28H20ClN5O2S/c1-15-11-22-26(25(20(15)13-24(35)36)16-3-6-19(29)7-4-16)37-28(33-22)27-30-10-9-21(32-27)17-5-8-23-18(12-17)14-31-34(23)2/h3-12,14H,13H2,1-2H3,(H,35,36). The van der Waals surface area contributed by atoms with E-state index in [1.165, 1.54) is 11.3 Å². The average Bonchev–Trinajstić information content (AvgIpc) is 3.48. The molecule has 0 saturated carbocycles. The highest BCUT2D eigenvalue weighted by molar-refractivity contribution is 7.22. The third-order valence-electron chi connectivity index (χ3n) is 6.36. The van der Waals surface area contributed by atoms with Crippen molar-refractivity contribution in [1.82, 2.24) is 24.7 Å². The van der Waals surface area contributed by atoms with Crippen LogP contribution in [0, 0.1) is 6.92 Å². The molecule has 0 fully saturated rings. The maximum absolute atomic E-state index is 11.7. The van der Waals surface area contributed by atoms with Crippen LogP contribution < -0.4 is 0 Å². The fourth-order valence-electron chi connectivity index (χ4n) is 4.58. The minimum Gasteiger partial charge on any atom is -0.481 e. The molecule has 0 saturated heterocycles. The van der Waals surface area contributed by atoms with E-state index >= 15 is 0 Å². The zero-order valence-electron chi connectivity index (χ0n) is 19.9. The molecule has 3 aromatic carbocycles. The number of hydrogen-bond donors (Lipinski definition) is 1. The van der Waals surface area contributed by atoms with Gasteiger partial charge in [-0.25, -0.2) is 15.0 Å². The molecule has 0 aliphatic rings. The van der Waals surface area contributed by atoms with E-state index in [1.54, 1.807) is 6.20 Å². The molecular weight excluding hydrogens is 506 g/mol. The summed E-state index contributed by atoms with van der Waals surface area (Å²) in [5.41, 5.74) is 6.96. The molecule has 3 heterocycles. The molecule has 37 heavy (non-hydrogen) atoms. The third-order valence-corrected chi connectivity index (χ3v) is 7.70. The number of carboxylic acid groups (broad SMARTS) is 1. The third kappa shape index (κ3) is 4.24. The smallest absolute Gasteiger partial charge is 0.307 e. The minimum absolute atomic E-state index is 0.0875. The Bertz CT molecular complexity index is 1820. The quantitative estimate of drug-likeness (QED) is 0.274. The van der Waals surface area contributed by atoms with Gasteiger partial charge in [-0.2, -0.15) is 5.10 Å². The summed E-state index contributed by atoms with van der Waals surface area (Å²) in [5, 5.41) is 16.3. The first-order chi connectivity index (χ1) is 17.9. The van der Waals surface area contributed by atoms with Crippen molar-refractivity contribution < 1.29 is 9.90 Å². The van der Waals surface area contributed by atoms with Crippen molar-refractivity contribution in [2.24, 2.45) is 7.05 Å². The second-order valence-electron chi connectivity index (χ2n) is 8.80. The number of halogens is 1. The number of carboxylic acids is 1. The van der Waals surface area contributed by atoms with Crippen molar-refractivity contribution in [3.8, 4) is 33.2 Å². The van der Waals surface area contributed by atoms with Gasteiger partial charge in [0.1, 0.15) is 0 Å². The van der Waals surface area contributed by atoms with Crippen molar-refractivity contribution in [3.63, 3.8) is 0 Å². The maximum atomic E-state index is 11.7.